The molecule has 1 aromatic rings. The summed E-state index contributed by atoms with van der Waals surface area (Å²) in [5.74, 6) is -2.48. The zero-order valence-electron chi connectivity index (χ0n) is 20.0. The van der Waals surface area contributed by atoms with Crippen molar-refractivity contribution in [3.05, 3.63) is 48.5 Å². The third kappa shape index (κ3) is 2.30. The van der Waals surface area contributed by atoms with Crippen molar-refractivity contribution < 1.29 is 38.1 Å². The molecule has 0 aromatic carbocycles. The molecule has 3 fully saturated rings. The molecule has 2 spiro atoms. The normalized spacial score (nSPS) is 50.5. The summed E-state index contributed by atoms with van der Waals surface area (Å²) in [5.41, 5.74) is -3.47. The molecule has 182 valence electrons. The van der Waals surface area contributed by atoms with Crippen LogP contribution < -0.4 is 0 Å². The first-order valence-electron chi connectivity index (χ1n) is 11.7. The number of aliphatic hydroxyl groups is 1. The van der Waals surface area contributed by atoms with Crippen molar-refractivity contribution >= 4 is 11.9 Å². The predicted octanol–water partition coefficient (Wildman–Crippen LogP) is 3.36. The lowest BCUT2D eigenvalue weighted by Crippen LogP contribution is -2.62. The molecule has 6 rings (SSSR count). The summed E-state index contributed by atoms with van der Waals surface area (Å²) in [7, 11) is 0. The molecular formula is C26H30O8. The topological polar surface area (TPSA) is 108 Å². The van der Waals surface area contributed by atoms with E-state index < -0.39 is 63.5 Å². The molecular weight excluding hydrogens is 440 g/mol. The van der Waals surface area contributed by atoms with Crippen LogP contribution in [-0.2, 0) is 28.5 Å². The molecule has 0 radical (unpaired) electrons. The van der Waals surface area contributed by atoms with E-state index in [1.54, 1.807) is 39.4 Å². The highest BCUT2D eigenvalue weighted by Gasteiger charge is 2.85. The number of allylic oxidation sites excluding steroid dienone is 1. The zero-order valence-corrected chi connectivity index (χ0v) is 20.0. The first-order chi connectivity index (χ1) is 15.8. The number of rotatable bonds is 2. The van der Waals surface area contributed by atoms with Gasteiger partial charge < -0.3 is 28.5 Å². The maximum absolute atomic E-state index is 13.0. The summed E-state index contributed by atoms with van der Waals surface area (Å²) in [6, 6.07) is 1.81. The third-order valence-corrected chi connectivity index (χ3v) is 9.45. The van der Waals surface area contributed by atoms with E-state index in [1.807, 2.05) is 13.0 Å². The first-order valence-corrected chi connectivity index (χ1v) is 11.7. The van der Waals surface area contributed by atoms with Gasteiger partial charge >= 0.3 is 11.9 Å². The largest absolute Gasteiger partial charge is 0.472 e. The van der Waals surface area contributed by atoms with Crippen molar-refractivity contribution in [1.29, 1.82) is 0 Å². The van der Waals surface area contributed by atoms with Gasteiger partial charge in [0.15, 0.2) is 11.9 Å². The molecule has 1 aliphatic carbocycles. The van der Waals surface area contributed by atoms with Crippen LogP contribution in [0, 0.1) is 16.2 Å². The lowest BCUT2D eigenvalue weighted by atomic mass is 9.50. The number of hydrogen-bond donors (Lipinski definition) is 1. The lowest BCUT2D eigenvalue weighted by Gasteiger charge is -2.54. The van der Waals surface area contributed by atoms with E-state index in [-0.39, 0.29) is 0 Å². The first kappa shape index (κ1) is 22.1. The van der Waals surface area contributed by atoms with Crippen LogP contribution in [-0.4, -0.2) is 46.2 Å². The molecule has 1 aromatic heterocycles. The van der Waals surface area contributed by atoms with Crippen LogP contribution in [0.1, 0.15) is 59.1 Å². The van der Waals surface area contributed by atoms with E-state index in [4.69, 9.17) is 23.4 Å². The lowest BCUT2D eigenvalue weighted by molar-refractivity contribution is -0.266. The predicted molar refractivity (Wildman–Crippen MR) is 117 cm³/mol. The highest BCUT2D eigenvalue weighted by molar-refractivity contribution is 5.84. The molecule has 3 saturated heterocycles. The van der Waals surface area contributed by atoms with E-state index >= 15 is 0 Å². The second kappa shape index (κ2) is 6.22. The van der Waals surface area contributed by atoms with Gasteiger partial charge in [0.05, 0.1) is 24.0 Å². The molecule has 8 atom stereocenters. The Morgan fingerprint density at radius 2 is 1.79 bits per heavy atom. The number of furan rings is 1. The van der Waals surface area contributed by atoms with E-state index in [1.165, 1.54) is 6.08 Å². The van der Waals surface area contributed by atoms with Gasteiger partial charge in [0.25, 0.3) is 0 Å². The Labute approximate surface area is 197 Å². The van der Waals surface area contributed by atoms with Crippen LogP contribution >= 0.6 is 0 Å². The van der Waals surface area contributed by atoms with Gasteiger partial charge in [0, 0.05) is 22.5 Å². The van der Waals surface area contributed by atoms with Crippen LogP contribution in [0.4, 0.5) is 0 Å². The van der Waals surface area contributed by atoms with Crippen LogP contribution in [0.5, 0.6) is 0 Å². The van der Waals surface area contributed by atoms with Crippen molar-refractivity contribution in [2.45, 2.75) is 82.8 Å². The van der Waals surface area contributed by atoms with E-state index in [0.717, 1.165) is 5.56 Å². The summed E-state index contributed by atoms with van der Waals surface area (Å²) < 4.78 is 29.6. The molecule has 4 aliphatic heterocycles. The number of carbonyl (C=O) groups excluding carboxylic acids is 2. The van der Waals surface area contributed by atoms with Gasteiger partial charge in [-0.3, -0.25) is 0 Å². The minimum Gasteiger partial charge on any atom is -0.472 e. The van der Waals surface area contributed by atoms with Gasteiger partial charge in [0.2, 0.25) is 0 Å². The summed E-state index contributed by atoms with van der Waals surface area (Å²) in [6.45, 7) is 9.30. The van der Waals surface area contributed by atoms with Crippen LogP contribution in [0.2, 0.25) is 0 Å². The SMILES string of the molecule is CC1(C)OC(=O)C=C[C@]12C[C@@H]([C@]1(C)C=CC[C@@]3(C)[C@H](c4ccoc4)OC(=O)[C@H]4O[C@@]413)O[C@]2(C)O. The van der Waals surface area contributed by atoms with Gasteiger partial charge in [0.1, 0.15) is 17.3 Å². The minimum absolute atomic E-state index is 0.372. The Hall–Kier alpha value is -2.42. The minimum atomic E-state index is -1.62. The van der Waals surface area contributed by atoms with Crippen molar-refractivity contribution in [1.82, 2.24) is 0 Å². The summed E-state index contributed by atoms with van der Waals surface area (Å²) >= 11 is 0. The molecule has 1 N–H and O–H groups in total. The van der Waals surface area contributed by atoms with Gasteiger partial charge in [-0.15, -0.1) is 0 Å². The zero-order chi connectivity index (χ0) is 24.4. The van der Waals surface area contributed by atoms with Crippen molar-refractivity contribution in [3.8, 4) is 0 Å². The second-order valence-electron chi connectivity index (χ2n) is 11.4. The van der Waals surface area contributed by atoms with E-state index in [9.17, 15) is 14.7 Å². The number of epoxide rings is 1. The third-order valence-electron chi connectivity index (χ3n) is 9.45. The van der Waals surface area contributed by atoms with Crippen molar-refractivity contribution in [2.24, 2.45) is 16.2 Å². The molecule has 0 bridgehead atoms. The van der Waals surface area contributed by atoms with Crippen LogP contribution in [0.15, 0.2) is 47.3 Å². The molecule has 5 heterocycles. The quantitative estimate of drug-likeness (QED) is 0.398. The smallest absolute Gasteiger partial charge is 0.339 e. The summed E-state index contributed by atoms with van der Waals surface area (Å²) in [6.07, 6.45) is 9.60. The number of carbonyl (C=O) groups is 2. The fraction of sp³-hybridized carbons (Fsp3) is 0.615. The average molecular weight is 471 g/mol. The standard InChI is InChI=1S/C26H30O8/c1-21(2)25(11-7-17(27)33-21)13-16(32-24(25,5)29)22(3)9-6-10-23(4)18(15-8-12-30-14-15)31-20(28)19-26(22,23)34-19/h6-9,11-12,14,16,18-19,29H,10,13H2,1-5H3/t16-,18-,19+,22-,23-,24-,25-,26-/m0/s1. The Morgan fingerprint density at radius 1 is 1.03 bits per heavy atom. The molecule has 0 unspecified atom stereocenters. The number of cyclic esters (lactones) is 2. The summed E-state index contributed by atoms with van der Waals surface area (Å²) in [5, 5.41) is 11.6. The molecule has 0 amide bonds. The number of ether oxygens (including phenoxy) is 4. The van der Waals surface area contributed by atoms with Crippen LogP contribution in [0.3, 0.4) is 0 Å². The van der Waals surface area contributed by atoms with Gasteiger partial charge in [-0.2, -0.15) is 0 Å². The second-order valence-corrected chi connectivity index (χ2v) is 11.4. The van der Waals surface area contributed by atoms with E-state index in [2.05, 4.69) is 19.1 Å². The maximum atomic E-state index is 13.0. The molecule has 0 saturated carbocycles. The Morgan fingerprint density at radius 3 is 2.47 bits per heavy atom. The summed E-state index contributed by atoms with van der Waals surface area (Å²) in [4.78, 5) is 25.1. The van der Waals surface area contributed by atoms with Crippen molar-refractivity contribution in [2.75, 3.05) is 0 Å². The Kier molecular flexibility index (Phi) is 4.04. The van der Waals surface area contributed by atoms with Gasteiger partial charge in [-0.1, -0.05) is 32.1 Å². The fourth-order valence-corrected chi connectivity index (χ4v) is 7.52. The highest BCUT2D eigenvalue weighted by atomic mass is 16.7. The molecule has 8 heteroatoms. The maximum Gasteiger partial charge on any atom is 0.339 e. The number of esters is 2. The average Bonchev–Trinajstić information content (AvgIpc) is 3.18. The highest BCUT2D eigenvalue weighted by Crippen LogP contribution is 2.74. The molecule has 34 heavy (non-hydrogen) atoms. The van der Waals surface area contributed by atoms with Crippen LogP contribution in [0.25, 0.3) is 0 Å². The van der Waals surface area contributed by atoms with Crippen molar-refractivity contribution in [3.63, 3.8) is 0 Å². The van der Waals surface area contributed by atoms with Gasteiger partial charge in [-0.05, 0) is 39.7 Å². The Bertz CT molecular complexity index is 1130. The number of hydrogen-bond acceptors (Lipinski definition) is 8. The Balaban J connectivity index is 1.46. The fourth-order valence-electron chi connectivity index (χ4n) is 7.52. The van der Waals surface area contributed by atoms with Gasteiger partial charge in [-0.25, -0.2) is 9.59 Å². The molecule has 8 nitrogen and oxygen atoms in total. The monoisotopic (exact) mass is 470 g/mol. The van der Waals surface area contributed by atoms with E-state index in [0.29, 0.717) is 12.8 Å². The molecule has 5 aliphatic rings.